The van der Waals surface area contributed by atoms with Crippen molar-refractivity contribution in [2.24, 2.45) is 0 Å². The lowest BCUT2D eigenvalue weighted by Gasteiger charge is -2.07. The first-order valence-electron chi connectivity index (χ1n) is 6.10. The summed E-state index contributed by atoms with van der Waals surface area (Å²) in [4.78, 5) is 15.4. The fourth-order valence-electron chi connectivity index (χ4n) is 1.72. The summed E-state index contributed by atoms with van der Waals surface area (Å²) in [6.45, 7) is 4.43. The third kappa shape index (κ3) is 3.93. The lowest BCUT2D eigenvalue weighted by molar-refractivity contribution is -0.131. The van der Waals surface area contributed by atoms with Gasteiger partial charge in [-0.15, -0.1) is 11.3 Å². The van der Waals surface area contributed by atoms with Crippen molar-refractivity contribution in [1.29, 1.82) is 0 Å². The highest BCUT2D eigenvalue weighted by Crippen LogP contribution is 2.21. The molecule has 0 saturated heterocycles. The van der Waals surface area contributed by atoms with Crippen LogP contribution in [0.5, 0.6) is 5.75 Å². The third-order valence-corrected chi connectivity index (χ3v) is 3.58. The Hall–Kier alpha value is -2.14. The normalized spacial score (nSPS) is 10.9. The van der Waals surface area contributed by atoms with E-state index in [1.807, 2.05) is 26.0 Å². The van der Waals surface area contributed by atoms with Gasteiger partial charge in [0.05, 0.1) is 0 Å². The fraction of sp³-hybridized carbons (Fsp3) is 0.200. The molecule has 0 unspecified atom stereocenters. The van der Waals surface area contributed by atoms with E-state index in [1.165, 1.54) is 23.0 Å². The van der Waals surface area contributed by atoms with E-state index < -0.39 is 5.97 Å². The molecule has 0 bridgehead atoms. The number of aryl methyl sites for hydroxylation is 2. The van der Waals surface area contributed by atoms with Gasteiger partial charge in [-0.05, 0) is 31.6 Å². The Balaban J connectivity index is 1.99. The number of aromatic nitrogens is 1. The van der Waals surface area contributed by atoms with Crippen molar-refractivity contribution in [3.05, 3.63) is 51.5 Å². The first-order chi connectivity index (χ1) is 9.54. The SMILES string of the molecule is Cc1ccc(OCc2ncc(/C=C/C(=O)O)s2)c(C)c1. The maximum Gasteiger partial charge on any atom is 0.328 e. The van der Waals surface area contributed by atoms with Gasteiger partial charge < -0.3 is 9.84 Å². The molecule has 2 aromatic rings. The van der Waals surface area contributed by atoms with Crippen LogP contribution in [0.3, 0.4) is 0 Å². The van der Waals surface area contributed by atoms with E-state index >= 15 is 0 Å². The lowest BCUT2D eigenvalue weighted by Crippen LogP contribution is -1.96. The van der Waals surface area contributed by atoms with Crippen LogP contribution in [0.25, 0.3) is 6.08 Å². The average molecular weight is 289 g/mol. The number of hydrogen-bond acceptors (Lipinski definition) is 4. The van der Waals surface area contributed by atoms with E-state index in [-0.39, 0.29) is 0 Å². The molecule has 5 heteroatoms. The molecule has 1 N–H and O–H groups in total. The zero-order valence-corrected chi connectivity index (χ0v) is 12.1. The molecule has 4 nitrogen and oxygen atoms in total. The minimum Gasteiger partial charge on any atom is -0.486 e. The minimum absolute atomic E-state index is 0.384. The lowest BCUT2D eigenvalue weighted by atomic mass is 10.1. The summed E-state index contributed by atoms with van der Waals surface area (Å²) in [5, 5.41) is 9.37. The summed E-state index contributed by atoms with van der Waals surface area (Å²) in [6.07, 6.45) is 4.27. The Bertz CT molecular complexity index is 646. The second kappa shape index (κ2) is 6.34. The highest BCUT2D eigenvalue weighted by Gasteiger charge is 2.04. The van der Waals surface area contributed by atoms with Crippen molar-refractivity contribution in [3.8, 4) is 5.75 Å². The van der Waals surface area contributed by atoms with Crippen LogP contribution in [0.2, 0.25) is 0 Å². The number of hydrogen-bond donors (Lipinski definition) is 1. The molecule has 1 heterocycles. The predicted molar refractivity (Wildman–Crippen MR) is 79.0 cm³/mol. The van der Waals surface area contributed by atoms with Crippen LogP contribution in [0.4, 0.5) is 0 Å². The van der Waals surface area contributed by atoms with Gasteiger partial charge in [0.1, 0.15) is 17.4 Å². The van der Waals surface area contributed by atoms with Gasteiger partial charge in [-0.1, -0.05) is 17.7 Å². The molecular weight excluding hydrogens is 274 g/mol. The van der Waals surface area contributed by atoms with Crippen molar-refractivity contribution in [2.45, 2.75) is 20.5 Å². The quantitative estimate of drug-likeness (QED) is 0.857. The molecule has 1 aromatic heterocycles. The van der Waals surface area contributed by atoms with Crippen molar-refractivity contribution >= 4 is 23.4 Å². The van der Waals surface area contributed by atoms with Crippen LogP contribution in [0, 0.1) is 13.8 Å². The van der Waals surface area contributed by atoms with Gasteiger partial charge in [-0.2, -0.15) is 0 Å². The summed E-state index contributed by atoms with van der Waals surface area (Å²) in [5.74, 6) is -0.125. The van der Waals surface area contributed by atoms with Crippen LogP contribution in [0.1, 0.15) is 21.0 Å². The number of ether oxygens (including phenoxy) is 1. The molecule has 1 aromatic carbocycles. The van der Waals surface area contributed by atoms with E-state index in [2.05, 4.69) is 11.1 Å². The highest BCUT2D eigenvalue weighted by atomic mass is 32.1. The number of nitrogens with zero attached hydrogens (tertiary/aromatic N) is 1. The Kier molecular flexibility index (Phi) is 4.53. The summed E-state index contributed by atoms with van der Waals surface area (Å²) < 4.78 is 5.72. The standard InChI is InChI=1S/C15H15NO3S/c1-10-3-5-13(11(2)7-10)19-9-14-16-8-12(20-14)4-6-15(17)18/h3-8H,9H2,1-2H3,(H,17,18)/b6-4+. The Labute approximate surface area is 121 Å². The Morgan fingerprint density at radius 2 is 2.25 bits per heavy atom. The largest absolute Gasteiger partial charge is 0.486 e. The topological polar surface area (TPSA) is 59.4 Å². The van der Waals surface area contributed by atoms with E-state index in [1.54, 1.807) is 6.20 Å². The fourth-order valence-corrected chi connectivity index (χ4v) is 2.46. The number of carboxylic acids is 1. The van der Waals surface area contributed by atoms with E-state index in [4.69, 9.17) is 9.84 Å². The maximum absolute atomic E-state index is 10.4. The monoisotopic (exact) mass is 289 g/mol. The number of carbonyl (C=O) groups is 1. The number of thiazole rings is 1. The van der Waals surface area contributed by atoms with Gasteiger partial charge in [-0.3, -0.25) is 0 Å². The molecule has 0 saturated carbocycles. The van der Waals surface area contributed by atoms with E-state index in [9.17, 15) is 4.79 Å². The van der Waals surface area contributed by atoms with Crippen LogP contribution < -0.4 is 4.74 Å². The second-order valence-corrected chi connectivity index (χ2v) is 5.53. The Morgan fingerprint density at radius 1 is 1.45 bits per heavy atom. The maximum atomic E-state index is 10.4. The van der Waals surface area contributed by atoms with Gasteiger partial charge in [0.25, 0.3) is 0 Å². The summed E-state index contributed by atoms with van der Waals surface area (Å²) in [7, 11) is 0. The number of aliphatic carboxylic acids is 1. The number of carboxylic acid groups (broad SMARTS) is 1. The predicted octanol–water partition coefficient (Wildman–Crippen LogP) is 3.44. The van der Waals surface area contributed by atoms with Crippen molar-refractivity contribution in [3.63, 3.8) is 0 Å². The van der Waals surface area contributed by atoms with Crippen LogP contribution in [0.15, 0.2) is 30.5 Å². The first kappa shape index (κ1) is 14.3. The molecule has 20 heavy (non-hydrogen) atoms. The van der Waals surface area contributed by atoms with Crippen molar-refractivity contribution in [2.75, 3.05) is 0 Å². The smallest absolute Gasteiger partial charge is 0.328 e. The summed E-state index contributed by atoms with van der Waals surface area (Å²) in [6, 6.07) is 6.02. The molecule has 0 radical (unpaired) electrons. The summed E-state index contributed by atoms with van der Waals surface area (Å²) >= 11 is 1.42. The third-order valence-electron chi connectivity index (χ3n) is 2.64. The minimum atomic E-state index is -0.966. The van der Waals surface area contributed by atoms with E-state index in [0.29, 0.717) is 6.61 Å². The zero-order chi connectivity index (χ0) is 14.5. The Morgan fingerprint density at radius 3 is 2.95 bits per heavy atom. The number of rotatable bonds is 5. The molecule has 2 rings (SSSR count). The van der Waals surface area contributed by atoms with Gasteiger partial charge >= 0.3 is 5.97 Å². The molecule has 104 valence electrons. The second-order valence-electron chi connectivity index (χ2n) is 4.39. The van der Waals surface area contributed by atoms with Crippen molar-refractivity contribution in [1.82, 2.24) is 4.98 Å². The molecule has 0 fully saturated rings. The van der Waals surface area contributed by atoms with Crippen molar-refractivity contribution < 1.29 is 14.6 Å². The van der Waals surface area contributed by atoms with Crippen LogP contribution in [-0.4, -0.2) is 16.1 Å². The molecule has 0 aliphatic rings. The average Bonchev–Trinajstić information content (AvgIpc) is 2.83. The van der Waals surface area contributed by atoms with Gasteiger partial charge in [-0.25, -0.2) is 9.78 Å². The zero-order valence-electron chi connectivity index (χ0n) is 11.3. The molecule has 0 aliphatic heterocycles. The summed E-state index contributed by atoms with van der Waals surface area (Å²) in [5.41, 5.74) is 2.29. The van der Waals surface area contributed by atoms with E-state index in [0.717, 1.165) is 27.3 Å². The molecule has 0 spiro atoms. The molecular formula is C15H15NO3S. The molecule has 0 amide bonds. The number of benzene rings is 1. The first-order valence-corrected chi connectivity index (χ1v) is 6.92. The molecule has 0 aliphatic carbocycles. The van der Waals surface area contributed by atoms with Gasteiger partial charge in [0.2, 0.25) is 0 Å². The van der Waals surface area contributed by atoms with Gasteiger partial charge in [0, 0.05) is 17.2 Å². The highest BCUT2D eigenvalue weighted by molar-refractivity contribution is 7.12. The van der Waals surface area contributed by atoms with Crippen LogP contribution >= 0.6 is 11.3 Å². The van der Waals surface area contributed by atoms with Crippen LogP contribution in [-0.2, 0) is 11.4 Å². The van der Waals surface area contributed by atoms with Gasteiger partial charge in [0.15, 0.2) is 0 Å². The molecule has 0 atom stereocenters.